The van der Waals surface area contributed by atoms with Gasteiger partial charge in [-0.3, -0.25) is 4.98 Å². The maximum atomic E-state index is 4.47. The predicted molar refractivity (Wildman–Crippen MR) is 83.6 cm³/mol. The van der Waals surface area contributed by atoms with Crippen LogP contribution in [-0.4, -0.2) is 40.1 Å². The van der Waals surface area contributed by atoms with Crippen molar-refractivity contribution in [2.75, 3.05) is 23.8 Å². The van der Waals surface area contributed by atoms with Crippen molar-refractivity contribution >= 4 is 23.5 Å². The van der Waals surface area contributed by atoms with E-state index < -0.39 is 0 Å². The van der Waals surface area contributed by atoms with Gasteiger partial charge in [0.1, 0.15) is 0 Å². The van der Waals surface area contributed by atoms with E-state index in [2.05, 4.69) is 52.9 Å². The molecule has 1 aliphatic rings. The largest absolute Gasteiger partial charge is 0.312 e. The van der Waals surface area contributed by atoms with Gasteiger partial charge in [0.05, 0.1) is 0 Å². The van der Waals surface area contributed by atoms with Crippen LogP contribution in [0.2, 0.25) is 0 Å². The summed E-state index contributed by atoms with van der Waals surface area (Å²) in [6.45, 7) is 3.34. The van der Waals surface area contributed by atoms with E-state index >= 15 is 0 Å². The van der Waals surface area contributed by atoms with Gasteiger partial charge in [0.25, 0.3) is 0 Å². The molecule has 0 radical (unpaired) electrons. The number of nitrogens with one attached hydrogen (secondary N) is 1. The Morgan fingerprint density at radius 1 is 1.44 bits per heavy atom. The van der Waals surface area contributed by atoms with E-state index in [-0.39, 0.29) is 0 Å². The van der Waals surface area contributed by atoms with Gasteiger partial charge in [-0.05, 0) is 25.1 Å². The average Bonchev–Trinajstić information content (AvgIpc) is 2.45. The maximum Gasteiger partial charge on any atom is 0.0419 e. The minimum atomic E-state index is 0.567. The number of nitrogens with zero attached hydrogens (tertiary/aromatic N) is 1. The molecule has 1 fully saturated rings. The SMILES string of the molecule is CCCNC(Cc1ccccn1)C1CSCCS1. The summed E-state index contributed by atoms with van der Waals surface area (Å²) in [6.07, 6.45) is 4.15. The van der Waals surface area contributed by atoms with E-state index in [0.717, 1.165) is 18.2 Å². The van der Waals surface area contributed by atoms with E-state index in [0.29, 0.717) is 6.04 Å². The lowest BCUT2D eigenvalue weighted by Crippen LogP contribution is -2.43. The molecular formula is C14H22N2S2. The Morgan fingerprint density at radius 3 is 3.06 bits per heavy atom. The van der Waals surface area contributed by atoms with E-state index in [1.54, 1.807) is 0 Å². The van der Waals surface area contributed by atoms with Gasteiger partial charge in [-0.2, -0.15) is 23.5 Å². The third kappa shape index (κ3) is 4.48. The van der Waals surface area contributed by atoms with Crippen molar-refractivity contribution in [1.29, 1.82) is 0 Å². The first-order chi connectivity index (χ1) is 8.90. The average molecular weight is 282 g/mol. The Kier molecular flexibility index (Phi) is 6.38. The number of pyridine rings is 1. The molecule has 18 heavy (non-hydrogen) atoms. The fraction of sp³-hybridized carbons (Fsp3) is 0.643. The van der Waals surface area contributed by atoms with Gasteiger partial charge in [0.15, 0.2) is 0 Å². The van der Waals surface area contributed by atoms with E-state index in [1.807, 2.05) is 12.3 Å². The van der Waals surface area contributed by atoms with Gasteiger partial charge in [0, 0.05) is 46.9 Å². The van der Waals surface area contributed by atoms with Gasteiger partial charge in [-0.15, -0.1) is 0 Å². The zero-order valence-corrected chi connectivity index (χ0v) is 12.6. The normalized spacial score (nSPS) is 21.7. The van der Waals surface area contributed by atoms with E-state index in [4.69, 9.17) is 0 Å². The molecule has 1 aromatic heterocycles. The Bertz CT molecular complexity index is 326. The van der Waals surface area contributed by atoms with Crippen molar-refractivity contribution in [2.45, 2.75) is 31.1 Å². The summed E-state index contributed by atoms with van der Waals surface area (Å²) in [4.78, 5) is 4.47. The zero-order chi connectivity index (χ0) is 12.6. The Labute approximate surface area is 119 Å². The molecule has 2 nitrogen and oxygen atoms in total. The van der Waals surface area contributed by atoms with Crippen LogP contribution in [0.1, 0.15) is 19.0 Å². The molecule has 1 saturated heterocycles. The Balaban J connectivity index is 1.95. The molecule has 4 heteroatoms. The second-order valence-electron chi connectivity index (χ2n) is 4.57. The number of rotatable bonds is 6. The summed E-state index contributed by atoms with van der Waals surface area (Å²) in [5.41, 5.74) is 1.21. The third-order valence-electron chi connectivity index (χ3n) is 3.10. The first-order valence-corrected chi connectivity index (χ1v) is 8.93. The zero-order valence-electron chi connectivity index (χ0n) is 11.0. The lowest BCUT2D eigenvalue weighted by atomic mass is 10.1. The third-order valence-corrected chi connectivity index (χ3v) is 6.02. The van der Waals surface area contributed by atoms with Gasteiger partial charge in [-0.1, -0.05) is 13.0 Å². The summed E-state index contributed by atoms with van der Waals surface area (Å²) >= 11 is 4.22. The molecule has 0 bridgehead atoms. The molecule has 1 N–H and O–H groups in total. The lowest BCUT2D eigenvalue weighted by molar-refractivity contribution is 0.501. The molecule has 2 heterocycles. The first kappa shape index (κ1) is 14.2. The van der Waals surface area contributed by atoms with Crippen molar-refractivity contribution in [2.24, 2.45) is 0 Å². The van der Waals surface area contributed by atoms with Crippen LogP contribution in [0, 0.1) is 0 Å². The molecule has 2 atom stereocenters. The van der Waals surface area contributed by atoms with Gasteiger partial charge < -0.3 is 5.32 Å². The summed E-state index contributed by atoms with van der Waals surface area (Å²) in [7, 11) is 0. The van der Waals surface area contributed by atoms with Crippen molar-refractivity contribution in [1.82, 2.24) is 10.3 Å². The van der Waals surface area contributed by atoms with E-state index in [1.165, 1.54) is 29.4 Å². The highest BCUT2D eigenvalue weighted by atomic mass is 32.2. The fourth-order valence-corrected chi connectivity index (χ4v) is 5.04. The minimum absolute atomic E-state index is 0.567. The molecule has 0 amide bonds. The molecular weight excluding hydrogens is 260 g/mol. The predicted octanol–water partition coefficient (Wildman–Crippen LogP) is 2.84. The van der Waals surface area contributed by atoms with E-state index in [9.17, 15) is 0 Å². The molecule has 0 spiro atoms. The Hall–Kier alpha value is -0.190. The summed E-state index contributed by atoms with van der Waals surface area (Å²) in [5.74, 6) is 3.88. The second kappa shape index (κ2) is 8.08. The van der Waals surface area contributed by atoms with Crippen molar-refractivity contribution < 1.29 is 0 Å². The highest BCUT2D eigenvalue weighted by Gasteiger charge is 2.24. The molecule has 0 aromatic carbocycles. The topological polar surface area (TPSA) is 24.9 Å². The molecule has 0 aliphatic carbocycles. The van der Waals surface area contributed by atoms with Crippen LogP contribution in [0.15, 0.2) is 24.4 Å². The monoisotopic (exact) mass is 282 g/mol. The highest BCUT2D eigenvalue weighted by Crippen LogP contribution is 2.27. The molecule has 1 aliphatic heterocycles. The van der Waals surface area contributed by atoms with Crippen molar-refractivity contribution in [3.8, 4) is 0 Å². The van der Waals surface area contributed by atoms with Gasteiger partial charge in [0.2, 0.25) is 0 Å². The summed E-state index contributed by atoms with van der Waals surface area (Å²) < 4.78 is 0. The molecule has 2 unspecified atom stereocenters. The van der Waals surface area contributed by atoms with Gasteiger partial charge >= 0.3 is 0 Å². The number of aromatic nitrogens is 1. The summed E-state index contributed by atoms with van der Waals surface area (Å²) in [5, 5.41) is 4.45. The number of thioether (sulfide) groups is 2. The van der Waals surface area contributed by atoms with Crippen LogP contribution < -0.4 is 5.32 Å². The molecule has 100 valence electrons. The van der Waals surface area contributed by atoms with Crippen molar-refractivity contribution in [3.63, 3.8) is 0 Å². The van der Waals surface area contributed by atoms with Crippen LogP contribution in [0.3, 0.4) is 0 Å². The highest BCUT2D eigenvalue weighted by molar-refractivity contribution is 8.06. The van der Waals surface area contributed by atoms with Crippen LogP contribution in [0.5, 0.6) is 0 Å². The summed E-state index contributed by atoms with van der Waals surface area (Å²) in [6, 6.07) is 6.78. The molecule has 0 saturated carbocycles. The minimum Gasteiger partial charge on any atom is -0.312 e. The molecule has 1 aromatic rings. The van der Waals surface area contributed by atoms with Gasteiger partial charge in [-0.25, -0.2) is 0 Å². The first-order valence-electron chi connectivity index (χ1n) is 6.72. The van der Waals surface area contributed by atoms with Crippen LogP contribution in [0.25, 0.3) is 0 Å². The van der Waals surface area contributed by atoms with Crippen LogP contribution in [-0.2, 0) is 6.42 Å². The lowest BCUT2D eigenvalue weighted by Gasteiger charge is -2.30. The molecule has 2 rings (SSSR count). The number of hydrogen-bond donors (Lipinski definition) is 1. The quantitative estimate of drug-likeness (QED) is 0.867. The number of hydrogen-bond acceptors (Lipinski definition) is 4. The fourth-order valence-electron chi connectivity index (χ4n) is 2.15. The standard InChI is InChI=1S/C14H22N2S2/c1-2-6-16-13(14-11-17-8-9-18-14)10-12-5-3-4-7-15-12/h3-5,7,13-14,16H,2,6,8-11H2,1H3. The van der Waals surface area contributed by atoms with Crippen molar-refractivity contribution in [3.05, 3.63) is 30.1 Å². The van der Waals surface area contributed by atoms with Crippen LogP contribution in [0.4, 0.5) is 0 Å². The second-order valence-corrected chi connectivity index (χ2v) is 7.07. The smallest absolute Gasteiger partial charge is 0.0419 e. The maximum absolute atomic E-state index is 4.47. The Morgan fingerprint density at radius 2 is 2.39 bits per heavy atom. The van der Waals surface area contributed by atoms with Crippen LogP contribution >= 0.6 is 23.5 Å².